The van der Waals surface area contributed by atoms with E-state index in [0.29, 0.717) is 42.6 Å². The molecule has 4 heterocycles. The number of piperidine rings is 1. The number of morpholine rings is 1. The van der Waals surface area contributed by atoms with Crippen LogP contribution < -0.4 is 4.90 Å². The first kappa shape index (κ1) is 21.4. The van der Waals surface area contributed by atoms with Gasteiger partial charge in [0.2, 0.25) is 5.91 Å². The molecule has 2 fully saturated rings. The van der Waals surface area contributed by atoms with E-state index in [-0.39, 0.29) is 11.5 Å². The van der Waals surface area contributed by atoms with Crippen molar-refractivity contribution in [2.75, 3.05) is 50.0 Å². The Morgan fingerprint density at radius 3 is 2.60 bits per heavy atom. The molecule has 2 saturated heterocycles. The number of carbonyl (C=O) groups is 1. The van der Waals surface area contributed by atoms with E-state index < -0.39 is 0 Å². The minimum Gasteiger partial charge on any atom is -0.378 e. The SMILES string of the molecule is CC1(C)Cc2c(C#N)c(SCC(=O)N3CCCCC3)nc(N3CCOCC3)c2CO1. The summed E-state index contributed by atoms with van der Waals surface area (Å²) in [6.07, 6.45) is 4.02. The Hall–Kier alpha value is -1.82. The van der Waals surface area contributed by atoms with Crippen molar-refractivity contribution < 1.29 is 14.3 Å². The number of amides is 1. The standard InChI is InChI=1S/C22H30N4O3S/c1-22(2)12-16-17(13-23)21(30-15-19(27)25-6-4-3-5-7-25)24-20(18(16)14-29-22)26-8-10-28-11-9-26/h3-12,14-15H2,1-2H3. The van der Waals surface area contributed by atoms with Crippen LogP contribution in [-0.2, 0) is 27.3 Å². The fourth-order valence-electron chi connectivity index (χ4n) is 4.35. The van der Waals surface area contributed by atoms with Gasteiger partial charge in [-0.25, -0.2) is 4.98 Å². The van der Waals surface area contributed by atoms with Gasteiger partial charge in [-0.2, -0.15) is 5.26 Å². The maximum Gasteiger partial charge on any atom is 0.232 e. The van der Waals surface area contributed by atoms with Gasteiger partial charge in [-0.05, 0) is 38.7 Å². The monoisotopic (exact) mass is 430 g/mol. The van der Waals surface area contributed by atoms with Crippen LogP contribution >= 0.6 is 11.8 Å². The third-order valence-corrected chi connectivity index (χ3v) is 6.99. The van der Waals surface area contributed by atoms with E-state index in [1.807, 2.05) is 4.90 Å². The molecule has 0 spiro atoms. The summed E-state index contributed by atoms with van der Waals surface area (Å²) in [4.78, 5) is 21.8. The molecule has 1 aromatic heterocycles. The van der Waals surface area contributed by atoms with E-state index in [4.69, 9.17) is 14.5 Å². The molecule has 0 N–H and O–H groups in total. The van der Waals surface area contributed by atoms with Gasteiger partial charge in [0.15, 0.2) is 0 Å². The van der Waals surface area contributed by atoms with Crippen LogP contribution in [0.25, 0.3) is 0 Å². The van der Waals surface area contributed by atoms with E-state index in [1.165, 1.54) is 18.2 Å². The third-order valence-electron chi connectivity index (χ3n) is 6.03. The van der Waals surface area contributed by atoms with Crippen LogP contribution in [0.15, 0.2) is 5.03 Å². The van der Waals surface area contributed by atoms with Crippen molar-refractivity contribution in [3.05, 3.63) is 16.7 Å². The molecule has 8 heteroatoms. The number of nitrogens with zero attached hydrogens (tertiary/aromatic N) is 4. The van der Waals surface area contributed by atoms with Gasteiger partial charge >= 0.3 is 0 Å². The van der Waals surface area contributed by atoms with Crippen molar-refractivity contribution in [1.29, 1.82) is 5.26 Å². The Labute approximate surface area is 182 Å². The molecule has 0 atom stereocenters. The lowest BCUT2D eigenvalue weighted by molar-refractivity contribution is -0.129. The van der Waals surface area contributed by atoms with Gasteiger partial charge in [0.25, 0.3) is 0 Å². The van der Waals surface area contributed by atoms with Gasteiger partial charge in [-0.15, -0.1) is 0 Å². The summed E-state index contributed by atoms with van der Waals surface area (Å²) in [5.74, 6) is 1.35. The van der Waals surface area contributed by atoms with E-state index in [1.54, 1.807) is 0 Å². The van der Waals surface area contributed by atoms with Crippen molar-refractivity contribution in [3.63, 3.8) is 0 Å². The number of carbonyl (C=O) groups excluding carboxylic acids is 1. The fourth-order valence-corrected chi connectivity index (χ4v) is 5.25. The molecule has 1 amide bonds. The summed E-state index contributed by atoms with van der Waals surface area (Å²) in [6, 6.07) is 2.39. The molecule has 0 unspecified atom stereocenters. The van der Waals surface area contributed by atoms with Crippen molar-refractivity contribution in [3.8, 4) is 6.07 Å². The summed E-state index contributed by atoms with van der Waals surface area (Å²) in [5.41, 5.74) is 2.32. The second-order valence-corrected chi connectivity index (χ2v) is 9.70. The zero-order chi connectivity index (χ0) is 21.1. The average Bonchev–Trinajstić information content (AvgIpc) is 2.77. The number of likely N-dealkylation sites (tertiary alicyclic amines) is 1. The summed E-state index contributed by atoms with van der Waals surface area (Å²) in [6.45, 7) is 9.11. The minimum atomic E-state index is -0.326. The minimum absolute atomic E-state index is 0.139. The first-order valence-electron chi connectivity index (χ1n) is 10.8. The number of hydrogen-bond donors (Lipinski definition) is 0. The number of thioether (sulfide) groups is 1. The van der Waals surface area contributed by atoms with Crippen molar-refractivity contribution >= 4 is 23.5 Å². The number of aromatic nitrogens is 1. The van der Waals surface area contributed by atoms with E-state index >= 15 is 0 Å². The first-order chi connectivity index (χ1) is 14.5. The number of anilines is 1. The van der Waals surface area contributed by atoms with Gasteiger partial charge in [0.1, 0.15) is 16.9 Å². The van der Waals surface area contributed by atoms with E-state index in [0.717, 1.165) is 56.0 Å². The second kappa shape index (κ2) is 9.13. The van der Waals surface area contributed by atoms with Crippen molar-refractivity contribution in [1.82, 2.24) is 9.88 Å². The molecule has 30 heavy (non-hydrogen) atoms. The smallest absolute Gasteiger partial charge is 0.232 e. The number of hydrogen-bond acceptors (Lipinski definition) is 7. The summed E-state index contributed by atoms with van der Waals surface area (Å²) >= 11 is 1.40. The molecule has 7 nitrogen and oxygen atoms in total. The van der Waals surface area contributed by atoms with Crippen LogP contribution in [-0.4, -0.2) is 66.5 Å². The number of pyridine rings is 1. The van der Waals surface area contributed by atoms with E-state index in [2.05, 4.69) is 24.8 Å². The number of nitriles is 1. The van der Waals surface area contributed by atoms with Crippen molar-refractivity contribution in [2.45, 2.75) is 56.8 Å². The van der Waals surface area contributed by atoms with Gasteiger partial charge in [0.05, 0.1) is 36.7 Å². The predicted octanol–water partition coefficient (Wildman–Crippen LogP) is 2.75. The molecule has 0 saturated carbocycles. The second-order valence-electron chi connectivity index (χ2n) is 8.74. The zero-order valence-corrected chi connectivity index (χ0v) is 18.7. The largest absolute Gasteiger partial charge is 0.378 e. The molecular formula is C22H30N4O3S. The normalized spacial score (nSPS) is 21.1. The Balaban J connectivity index is 1.64. The first-order valence-corrected chi connectivity index (χ1v) is 11.8. The number of ether oxygens (including phenoxy) is 2. The van der Waals surface area contributed by atoms with Crippen LogP contribution in [0.2, 0.25) is 0 Å². The van der Waals surface area contributed by atoms with Crippen LogP contribution in [0.4, 0.5) is 5.82 Å². The van der Waals surface area contributed by atoms with Crippen LogP contribution in [0.3, 0.4) is 0 Å². The van der Waals surface area contributed by atoms with E-state index in [9.17, 15) is 10.1 Å². The van der Waals surface area contributed by atoms with Crippen molar-refractivity contribution in [2.24, 2.45) is 0 Å². The molecule has 4 rings (SSSR count). The van der Waals surface area contributed by atoms with Gasteiger partial charge in [-0.3, -0.25) is 4.79 Å². The lowest BCUT2D eigenvalue weighted by atomic mass is 9.89. The Kier molecular flexibility index (Phi) is 6.51. The number of fused-ring (bicyclic) bond motifs is 1. The summed E-state index contributed by atoms with van der Waals surface area (Å²) < 4.78 is 11.6. The summed E-state index contributed by atoms with van der Waals surface area (Å²) in [5, 5.41) is 10.7. The molecule has 0 bridgehead atoms. The lowest BCUT2D eigenvalue weighted by Gasteiger charge is -2.37. The molecule has 0 radical (unpaired) electrons. The maximum absolute atomic E-state index is 12.7. The average molecular weight is 431 g/mol. The van der Waals surface area contributed by atoms with Crippen LogP contribution in [0.1, 0.15) is 49.8 Å². The number of rotatable bonds is 4. The molecule has 162 valence electrons. The molecule has 3 aliphatic heterocycles. The predicted molar refractivity (Wildman–Crippen MR) is 116 cm³/mol. The topological polar surface area (TPSA) is 78.7 Å². The maximum atomic E-state index is 12.7. The zero-order valence-electron chi connectivity index (χ0n) is 17.9. The highest BCUT2D eigenvalue weighted by Crippen LogP contribution is 2.38. The highest BCUT2D eigenvalue weighted by molar-refractivity contribution is 8.00. The Morgan fingerprint density at radius 2 is 1.90 bits per heavy atom. The highest BCUT2D eigenvalue weighted by atomic mass is 32.2. The fraction of sp³-hybridized carbons (Fsp3) is 0.682. The summed E-state index contributed by atoms with van der Waals surface area (Å²) in [7, 11) is 0. The molecule has 1 aromatic rings. The van der Waals surface area contributed by atoms with Gasteiger partial charge in [-0.1, -0.05) is 11.8 Å². The quantitative estimate of drug-likeness (QED) is 0.680. The lowest BCUT2D eigenvalue weighted by Crippen LogP contribution is -2.40. The highest BCUT2D eigenvalue weighted by Gasteiger charge is 2.33. The third kappa shape index (κ3) is 4.58. The van der Waals surface area contributed by atoms with Crippen LogP contribution in [0.5, 0.6) is 0 Å². The van der Waals surface area contributed by atoms with Gasteiger partial charge in [0, 0.05) is 38.2 Å². The Morgan fingerprint density at radius 1 is 1.17 bits per heavy atom. The molecule has 0 aromatic carbocycles. The molecule has 0 aliphatic carbocycles. The molecular weight excluding hydrogens is 400 g/mol. The van der Waals surface area contributed by atoms with Gasteiger partial charge < -0.3 is 19.3 Å². The van der Waals surface area contributed by atoms with Crippen LogP contribution in [0, 0.1) is 11.3 Å². The Bertz CT molecular complexity index is 840. The molecule has 3 aliphatic rings.